The monoisotopic (exact) mass is 446 g/mol. The van der Waals surface area contributed by atoms with E-state index in [-0.39, 0.29) is 24.3 Å². The SMILES string of the molecule is Cc1ccc(N2CCC(=O)NC2=O)cc1CNC(=O)CCCCN(C)C(=O)OC(C)(C)C. The van der Waals surface area contributed by atoms with E-state index in [0.29, 0.717) is 44.6 Å². The van der Waals surface area contributed by atoms with E-state index in [1.165, 1.54) is 9.80 Å². The van der Waals surface area contributed by atoms with Crippen LogP contribution in [0.3, 0.4) is 0 Å². The highest BCUT2D eigenvalue weighted by molar-refractivity contribution is 6.05. The number of hydrogen-bond acceptors (Lipinski definition) is 5. The minimum Gasteiger partial charge on any atom is -0.444 e. The Hall–Kier alpha value is -3.10. The normalized spacial score (nSPS) is 14.1. The molecule has 0 unspecified atom stereocenters. The lowest BCUT2D eigenvalue weighted by Gasteiger charge is -2.27. The molecule has 2 N–H and O–H groups in total. The number of nitrogens with one attached hydrogen (secondary N) is 2. The summed E-state index contributed by atoms with van der Waals surface area (Å²) in [6.45, 7) is 8.61. The summed E-state index contributed by atoms with van der Waals surface area (Å²) in [4.78, 5) is 50.6. The zero-order valence-corrected chi connectivity index (χ0v) is 19.6. The van der Waals surface area contributed by atoms with E-state index < -0.39 is 11.6 Å². The van der Waals surface area contributed by atoms with Crippen LogP contribution in [0.5, 0.6) is 0 Å². The Morgan fingerprint density at radius 2 is 1.94 bits per heavy atom. The molecule has 176 valence electrons. The van der Waals surface area contributed by atoms with Crippen LogP contribution in [0.1, 0.15) is 57.6 Å². The molecule has 1 aliphatic heterocycles. The Labute approximate surface area is 189 Å². The molecule has 1 fully saturated rings. The van der Waals surface area contributed by atoms with Gasteiger partial charge in [-0.2, -0.15) is 0 Å². The van der Waals surface area contributed by atoms with Gasteiger partial charge < -0.3 is 15.0 Å². The van der Waals surface area contributed by atoms with Gasteiger partial charge in [-0.1, -0.05) is 6.07 Å². The number of aryl methyl sites for hydroxylation is 1. The van der Waals surface area contributed by atoms with Crippen LogP contribution in [0.2, 0.25) is 0 Å². The van der Waals surface area contributed by atoms with Gasteiger partial charge in [-0.05, 0) is 63.8 Å². The predicted octanol–water partition coefficient (Wildman–Crippen LogP) is 3.09. The number of nitrogens with zero attached hydrogens (tertiary/aromatic N) is 2. The molecule has 0 bridgehead atoms. The second-order valence-corrected chi connectivity index (χ2v) is 9.00. The number of unbranched alkanes of at least 4 members (excludes halogenated alkanes) is 1. The molecule has 0 aromatic heterocycles. The van der Waals surface area contributed by atoms with Crippen LogP contribution in [-0.4, -0.2) is 54.6 Å². The number of anilines is 1. The first-order valence-corrected chi connectivity index (χ1v) is 10.9. The third-order valence-corrected chi connectivity index (χ3v) is 5.03. The maximum Gasteiger partial charge on any atom is 0.410 e. The number of ether oxygens (including phenoxy) is 1. The van der Waals surface area contributed by atoms with E-state index in [4.69, 9.17) is 4.74 Å². The fourth-order valence-corrected chi connectivity index (χ4v) is 3.17. The molecular weight excluding hydrogens is 412 g/mol. The zero-order chi connectivity index (χ0) is 23.9. The third kappa shape index (κ3) is 7.86. The van der Waals surface area contributed by atoms with Gasteiger partial charge in [0.1, 0.15) is 5.60 Å². The Balaban J connectivity index is 1.77. The van der Waals surface area contributed by atoms with E-state index in [9.17, 15) is 19.2 Å². The largest absolute Gasteiger partial charge is 0.444 e. The molecule has 1 aromatic rings. The lowest BCUT2D eigenvalue weighted by atomic mass is 10.1. The van der Waals surface area contributed by atoms with E-state index in [0.717, 1.165) is 11.1 Å². The maximum absolute atomic E-state index is 12.2. The van der Waals surface area contributed by atoms with Crippen LogP contribution >= 0.6 is 0 Å². The van der Waals surface area contributed by atoms with Crippen molar-refractivity contribution in [1.29, 1.82) is 0 Å². The van der Waals surface area contributed by atoms with Crippen LogP contribution in [0, 0.1) is 6.92 Å². The molecule has 5 amide bonds. The van der Waals surface area contributed by atoms with Gasteiger partial charge in [-0.15, -0.1) is 0 Å². The molecule has 1 saturated heterocycles. The fraction of sp³-hybridized carbons (Fsp3) is 0.565. The smallest absolute Gasteiger partial charge is 0.410 e. The Morgan fingerprint density at radius 3 is 2.59 bits per heavy atom. The van der Waals surface area contributed by atoms with Crippen molar-refractivity contribution in [1.82, 2.24) is 15.5 Å². The Kier molecular flexibility index (Phi) is 8.63. The molecular formula is C23H34N4O5. The lowest BCUT2D eigenvalue weighted by molar-refractivity contribution is -0.121. The second kappa shape index (κ2) is 11.0. The lowest BCUT2D eigenvalue weighted by Crippen LogP contribution is -2.49. The predicted molar refractivity (Wildman–Crippen MR) is 121 cm³/mol. The summed E-state index contributed by atoms with van der Waals surface area (Å²) in [5.41, 5.74) is 2.07. The molecule has 1 aliphatic rings. The average molecular weight is 447 g/mol. The van der Waals surface area contributed by atoms with E-state index in [2.05, 4.69) is 10.6 Å². The topological polar surface area (TPSA) is 108 Å². The first-order valence-electron chi connectivity index (χ1n) is 10.9. The van der Waals surface area contributed by atoms with Crippen molar-refractivity contribution in [2.24, 2.45) is 0 Å². The minimum absolute atomic E-state index is 0.0731. The standard InChI is InChI=1S/C23H34N4O5/c1-16-9-10-18(27-13-11-20(29)25-21(27)30)14-17(16)15-24-19(28)8-6-7-12-26(5)22(31)32-23(2,3)4/h9-10,14H,6-8,11-13,15H2,1-5H3,(H,24,28)(H,25,29,30). The molecule has 9 heteroatoms. The summed E-state index contributed by atoms with van der Waals surface area (Å²) in [6.07, 6.45) is 1.59. The van der Waals surface area contributed by atoms with Crippen LogP contribution in [-0.2, 0) is 20.9 Å². The molecule has 2 rings (SSSR count). The summed E-state index contributed by atoms with van der Waals surface area (Å²) < 4.78 is 5.30. The quantitative estimate of drug-likeness (QED) is 0.597. The zero-order valence-electron chi connectivity index (χ0n) is 19.6. The Bertz CT molecular complexity index is 862. The summed E-state index contributed by atoms with van der Waals surface area (Å²) in [7, 11) is 1.68. The fourth-order valence-electron chi connectivity index (χ4n) is 3.17. The number of amides is 5. The molecule has 32 heavy (non-hydrogen) atoms. The third-order valence-electron chi connectivity index (χ3n) is 5.03. The van der Waals surface area contributed by atoms with Crippen molar-refractivity contribution < 1.29 is 23.9 Å². The summed E-state index contributed by atoms with van der Waals surface area (Å²) in [5.74, 6) is -0.348. The summed E-state index contributed by atoms with van der Waals surface area (Å²) >= 11 is 0. The number of imide groups is 1. The second-order valence-electron chi connectivity index (χ2n) is 9.00. The van der Waals surface area contributed by atoms with E-state index >= 15 is 0 Å². The summed E-state index contributed by atoms with van der Waals surface area (Å²) in [6, 6.07) is 5.15. The average Bonchev–Trinajstić information content (AvgIpc) is 2.69. The van der Waals surface area contributed by atoms with Gasteiger partial charge in [0.05, 0.1) is 0 Å². The molecule has 0 atom stereocenters. The van der Waals surface area contributed by atoms with Crippen molar-refractivity contribution in [2.45, 2.75) is 65.5 Å². The highest BCUT2D eigenvalue weighted by Gasteiger charge is 2.24. The number of hydrogen-bond donors (Lipinski definition) is 2. The number of carbonyl (C=O) groups is 4. The highest BCUT2D eigenvalue weighted by atomic mass is 16.6. The highest BCUT2D eigenvalue weighted by Crippen LogP contribution is 2.21. The molecule has 1 heterocycles. The van der Waals surface area contributed by atoms with Crippen molar-refractivity contribution in [3.05, 3.63) is 29.3 Å². The van der Waals surface area contributed by atoms with Crippen LogP contribution in [0.25, 0.3) is 0 Å². The molecule has 0 spiro atoms. The van der Waals surface area contributed by atoms with Gasteiger partial charge in [0.15, 0.2) is 0 Å². The number of urea groups is 1. The van der Waals surface area contributed by atoms with Crippen LogP contribution in [0.4, 0.5) is 15.3 Å². The molecule has 1 aromatic carbocycles. The van der Waals surface area contributed by atoms with Gasteiger partial charge in [-0.3, -0.25) is 19.8 Å². The van der Waals surface area contributed by atoms with Crippen molar-refractivity contribution in [2.75, 3.05) is 25.0 Å². The van der Waals surface area contributed by atoms with Crippen LogP contribution in [0.15, 0.2) is 18.2 Å². The number of carbonyl (C=O) groups excluding carboxylic acids is 4. The first kappa shape index (κ1) is 25.2. The van der Waals surface area contributed by atoms with E-state index in [1.54, 1.807) is 7.05 Å². The summed E-state index contributed by atoms with van der Waals surface area (Å²) in [5, 5.41) is 5.23. The van der Waals surface area contributed by atoms with Gasteiger partial charge in [0, 0.05) is 45.2 Å². The van der Waals surface area contributed by atoms with Crippen molar-refractivity contribution >= 4 is 29.6 Å². The number of rotatable bonds is 8. The Morgan fingerprint density at radius 1 is 1.22 bits per heavy atom. The van der Waals surface area contributed by atoms with E-state index in [1.807, 2.05) is 45.9 Å². The van der Waals surface area contributed by atoms with Gasteiger partial charge in [-0.25, -0.2) is 9.59 Å². The molecule has 9 nitrogen and oxygen atoms in total. The van der Waals surface area contributed by atoms with Gasteiger partial charge >= 0.3 is 12.1 Å². The minimum atomic E-state index is -0.532. The first-order chi connectivity index (χ1) is 15.0. The van der Waals surface area contributed by atoms with Crippen molar-refractivity contribution in [3.63, 3.8) is 0 Å². The van der Waals surface area contributed by atoms with Gasteiger partial charge in [0.25, 0.3) is 0 Å². The number of benzene rings is 1. The molecule has 0 saturated carbocycles. The maximum atomic E-state index is 12.2. The molecule has 0 radical (unpaired) electrons. The molecule has 0 aliphatic carbocycles. The van der Waals surface area contributed by atoms with Crippen molar-refractivity contribution in [3.8, 4) is 0 Å². The van der Waals surface area contributed by atoms with Crippen LogP contribution < -0.4 is 15.5 Å². The van der Waals surface area contributed by atoms with Gasteiger partial charge in [0.2, 0.25) is 11.8 Å².